The van der Waals surface area contributed by atoms with Crippen LogP contribution in [0.15, 0.2) is 54.6 Å². The van der Waals surface area contributed by atoms with Crippen molar-refractivity contribution in [2.75, 3.05) is 11.4 Å². The Morgan fingerprint density at radius 3 is 2.70 bits per heavy atom. The molecule has 120 valence electrons. The number of nitrogens with one attached hydrogen (secondary N) is 1. The molecule has 4 heteroatoms. The molecule has 2 unspecified atom stereocenters. The molecule has 0 aromatic heterocycles. The second kappa shape index (κ2) is 6.84. The quantitative estimate of drug-likeness (QED) is 0.909. The molecular formula is C19H22N2O2. The molecule has 4 nitrogen and oxygen atoms in total. The van der Waals surface area contributed by atoms with Gasteiger partial charge in [-0.05, 0) is 24.1 Å². The molecular weight excluding hydrogens is 288 g/mol. The van der Waals surface area contributed by atoms with Crippen molar-refractivity contribution in [3.63, 3.8) is 0 Å². The zero-order valence-electron chi connectivity index (χ0n) is 13.3. The van der Waals surface area contributed by atoms with Gasteiger partial charge in [-0.15, -0.1) is 0 Å². The lowest BCUT2D eigenvalue weighted by Crippen LogP contribution is -2.50. The molecule has 0 bridgehead atoms. The Balaban J connectivity index is 1.70. The van der Waals surface area contributed by atoms with Gasteiger partial charge in [0.25, 0.3) is 0 Å². The van der Waals surface area contributed by atoms with Crippen LogP contribution in [-0.4, -0.2) is 29.7 Å². The summed E-state index contributed by atoms with van der Waals surface area (Å²) in [6.07, 6.45) is 0.208. The van der Waals surface area contributed by atoms with Crippen LogP contribution in [0.5, 0.6) is 0 Å². The molecule has 1 amide bonds. The number of hydrogen-bond donors (Lipinski definition) is 2. The molecule has 2 atom stereocenters. The molecule has 0 spiro atoms. The highest BCUT2D eigenvalue weighted by molar-refractivity contribution is 5.85. The number of hydrogen-bond acceptors (Lipinski definition) is 3. The highest BCUT2D eigenvalue weighted by Crippen LogP contribution is 2.28. The summed E-state index contributed by atoms with van der Waals surface area (Å²) in [5.74, 6) is -0.0299. The van der Waals surface area contributed by atoms with Crippen molar-refractivity contribution in [3.05, 3.63) is 65.7 Å². The van der Waals surface area contributed by atoms with Crippen molar-refractivity contribution in [2.24, 2.45) is 0 Å². The fourth-order valence-electron chi connectivity index (χ4n) is 3.05. The van der Waals surface area contributed by atoms with Crippen LogP contribution in [0.25, 0.3) is 0 Å². The average Bonchev–Trinajstić information content (AvgIpc) is 2.59. The summed E-state index contributed by atoms with van der Waals surface area (Å²) in [6, 6.07) is 17.5. The molecule has 2 aromatic rings. The van der Waals surface area contributed by atoms with Crippen LogP contribution in [0.1, 0.15) is 18.1 Å². The largest absolute Gasteiger partial charge is 0.391 e. The third-order valence-electron chi connectivity index (χ3n) is 4.32. The number of amides is 1. The van der Waals surface area contributed by atoms with Crippen LogP contribution in [0.3, 0.4) is 0 Å². The van der Waals surface area contributed by atoms with E-state index in [4.69, 9.17) is 0 Å². The minimum Gasteiger partial charge on any atom is -0.391 e. The van der Waals surface area contributed by atoms with E-state index in [0.717, 1.165) is 16.8 Å². The van der Waals surface area contributed by atoms with Gasteiger partial charge in [-0.2, -0.15) is 0 Å². The van der Waals surface area contributed by atoms with Crippen LogP contribution in [0.4, 0.5) is 5.69 Å². The summed E-state index contributed by atoms with van der Waals surface area (Å²) in [4.78, 5) is 14.5. The van der Waals surface area contributed by atoms with E-state index >= 15 is 0 Å². The predicted octanol–water partition coefficient (Wildman–Crippen LogP) is 2.11. The number of carbonyl (C=O) groups excluding carboxylic acids is 1. The number of anilines is 1. The van der Waals surface area contributed by atoms with Gasteiger partial charge in [0.15, 0.2) is 0 Å². The van der Waals surface area contributed by atoms with E-state index in [1.165, 1.54) is 0 Å². The summed E-state index contributed by atoms with van der Waals surface area (Å²) in [5.41, 5.74) is 3.21. The first kappa shape index (κ1) is 15.6. The highest BCUT2D eigenvalue weighted by Gasteiger charge is 2.29. The fourth-order valence-corrected chi connectivity index (χ4v) is 3.05. The third-order valence-corrected chi connectivity index (χ3v) is 4.32. The lowest BCUT2D eigenvalue weighted by Gasteiger charge is -2.37. The van der Waals surface area contributed by atoms with Crippen LogP contribution in [0, 0.1) is 0 Å². The first-order chi connectivity index (χ1) is 11.1. The number of β-amino-alcohol motifs (C(OH)–C–C–N with tert-alkyl or cyclic N) is 1. The van der Waals surface area contributed by atoms with E-state index in [1.54, 1.807) is 0 Å². The summed E-state index contributed by atoms with van der Waals surface area (Å²) in [6.45, 7) is 2.88. The van der Waals surface area contributed by atoms with Crippen molar-refractivity contribution in [1.29, 1.82) is 0 Å². The van der Waals surface area contributed by atoms with Gasteiger partial charge in [0.1, 0.15) is 6.04 Å². The molecule has 3 rings (SSSR count). The molecule has 1 aliphatic rings. The molecule has 0 radical (unpaired) electrons. The molecule has 23 heavy (non-hydrogen) atoms. The van der Waals surface area contributed by atoms with E-state index in [9.17, 15) is 9.90 Å². The van der Waals surface area contributed by atoms with E-state index in [-0.39, 0.29) is 11.9 Å². The average molecular weight is 310 g/mol. The minimum absolute atomic E-state index is 0.0299. The van der Waals surface area contributed by atoms with Gasteiger partial charge in [0.05, 0.1) is 6.10 Å². The predicted molar refractivity (Wildman–Crippen MR) is 91.2 cm³/mol. The van der Waals surface area contributed by atoms with Crippen LogP contribution < -0.4 is 10.2 Å². The molecule has 0 aliphatic carbocycles. The first-order valence-corrected chi connectivity index (χ1v) is 7.99. The maximum Gasteiger partial charge on any atom is 0.242 e. The number of para-hydroxylation sites is 1. The van der Waals surface area contributed by atoms with Gasteiger partial charge >= 0.3 is 0 Å². The third kappa shape index (κ3) is 3.54. The summed E-state index contributed by atoms with van der Waals surface area (Å²) < 4.78 is 0. The Morgan fingerprint density at radius 1 is 1.22 bits per heavy atom. The van der Waals surface area contributed by atoms with Crippen LogP contribution >= 0.6 is 0 Å². The maximum atomic E-state index is 12.5. The van der Waals surface area contributed by atoms with Gasteiger partial charge in [0, 0.05) is 25.2 Å². The lowest BCUT2D eigenvalue weighted by molar-refractivity contribution is -0.122. The van der Waals surface area contributed by atoms with Crippen molar-refractivity contribution in [1.82, 2.24) is 5.32 Å². The molecule has 1 aliphatic heterocycles. The van der Waals surface area contributed by atoms with Crippen molar-refractivity contribution in [3.8, 4) is 0 Å². The standard InChI is InChI=1S/C19H22N2O2/c1-14(19(23)20-12-15-7-3-2-4-8-15)21-13-17(22)11-16-9-5-6-10-18(16)21/h2-10,14,17,22H,11-13H2,1H3,(H,20,23). The number of rotatable bonds is 4. The monoisotopic (exact) mass is 310 g/mol. The minimum atomic E-state index is -0.436. The molecule has 0 saturated heterocycles. The van der Waals surface area contributed by atoms with Gasteiger partial charge < -0.3 is 15.3 Å². The number of nitrogens with zero attached hydrogens (tertiary/aromatic N) is 1. The summed E-state index contributed by atoms with van der Waals surface area (Å²) in [5, 5.41) is 13.1. The van der Waals surface area contributed by atoms with E-state index in [2.05, 4.69) is 5.32 Å². The Hall–Kier alpha value is -2.33. The Bertz CT molecular complexity index is 672. The van der Waals surface area contributed by atoms with Crippen LogP contribution in [-0.2, 0) is 17.8 Å². The SMILES string of the molecule is CC(C(=O)NCc1ccccc1)N1CC(O)Cc2ccccc21. The van der Waals surface area contributed by atoms with E-state index < -0.39 is 6.10 Å². The Labute approximate surface area is 136 Å². The maximum absolute atomic E-state index is 12.5. The van der Waals surface area contributed by atoms with E-state index in [0.29, 0.717) is 19.5 Å². The second-order valence-corrected chi connectivity index (χ2v) is 6.02. The number of aliphatic hydroxyl groups is 1. The zero-order valence-corrected chi connectivity index (χ0v) is 13.3. The van der Waals surface area contributed by atoms with Gasteiger partial charge in [-0.3, -0.25) is 4.79 Å². The summed E-state index contributed by atoms with van der Waals surface area (Å²) in [7, 11) is 0. The molecule has 0 saturated carbocycles. The smallest absolute Gasteiger partial charge is 0.242 e. The van der Waals surface area contributed by atoms with Gasteiger partial charge in [0.2, 0.25) is 5.91 Å². The Morgan fingerprint density at radius 2 is 1.91 bits per heavy atom. The lowest BCUT2D eigenvalue weighted by atomic mass is 9.98. The van der Waals surface area contributed by atoms with Gasteiger partial charge in [-0.1, -0.05) is 48.5 Å². The number of fused-ring (bicyclic) bond motifs is 1. The van der Waals surface area contributed by atoms with Crippen molar-refractivity contribution >= 4 is 11.6 Å². The van der Waals surface area contributed by atoms with E-state index in [1.807, 2.05) is 66.4 Å². The Kier molecular flexibility index (Phi) is 4.63. The zero-order chi connectivity index (χ0) is 16.2. The normalized spacial score (nSPS) is 18.2. The number of carbonyl (C=O) groups is 1. The second-order valence-electron chi connectivity index (χ2n) is 6.02. The molecule has 2 N–H and O–H groups in total. The van der Waals surface area contributed by atoms with Gasteiger partial charge in [-0.25, -0.2) is 0 Å². The molecule has 1 heterocycles. The van der Waals surface area contributed by atoms with Crippen molar-refractivity contribution < 1.29 is 9.90 Å². The number of aliphatic hydroxyl groups excluding tert-OH is 1. The van der Waals surface area contributed by atoms with Crippen LogP contribution in [0.2, 0.25) is 0 Å². The number of benzene rings is 2. The fraction of sp³-hybridized carbons (Fsp3) is 0.316. The highest BCUT2D eigenvalue weighted by atomic mass is 16.3. The first-order valence-electron chi connectivity index (χ1n) is 7.99. The topological polar surface area (TPSA) is 52.6 Å². The van der Waals surface area contributed by atoms with Crippen molar-refractivity contribution in [2.45, 2.75) is 32.0 Å². The molecule has 2 aromatic carbocycles. The summed E-state index contributed by atoms with van der Waals surface area (Å²) >= 11 is 0. The molecule has 0 fully saturated rings.